The van der Waals surface area contributed by atoms with Crippen molar-refractivity contribution in [2.75, 3.05) is 0 Å². The van der Waals surface area contributed by atoms with Crippen molar-refractivity contribution in [1.29, 1.82) is 0 Å². The predicted octanol–water partition coefficient (Wildman–Crippen LogP) is 1.81. The zero-order valence-corrected chi connectivity index (χ0v) is 11.6. The van der Waals surface area contributed by atoms with Crippen LogP contribution in [0, 0.1) is 11.8 Å². The Morgan fingerprint density at radius 3 is 2.89 bits per heavy atom. The third kappa shape index (κ3) is 2.11. The van der Waals surface area contributed by atoms with Crippen LogP contribution in [0.15, 0.2) is 12.2 Å². The summed E-state index contributed by atoms with van der Waals surface area (Å²) in [6, 6.07) is 0. The Hall–Kier alpha value is -0.870. The summed E-state index contributed by atoms with van der Waals surface area (Å²) in [6.07, 6.45) is 2.65. The summed E-state index contributed by atoms with van der Waals surface area (Å²) in [4.78, 5) is 11.7. The van der Waals surface area contributed by atoms with Crippen molar-refractivity contribution in [1.82, 2.24) is 0 Å². The first kappa shape index (κ1) is 13.1. The number of ether oxygens (including phenoxy) is 2. The number of esters is 1. The van der Waals surface area contributed by atoms with E-state index in [9.17, 15) is 9.90 Å². The maximum Gasteiger partial charge on any atom is 0.334 e. The molecule has 3 rings (SSSR count). The monoisotopic (exact) mass is 266 g/mol. The zero-order valence-electron chi connectivity index (χ0n) is 11.6. The van der Waals surface area contributed by atoms with E-state index in [-0.39, 0.29) is 29.7 Å². The molecular weight excluding hydrogens is 244 g/mol. The van der Waals surface area contributed by atoms with Crippen LogP contribution in [0.1, 0.15) is 39.5 Å². The lowest BCUT2D eigenvalue weighted by molar-refractivity contribution is -0.140. The number of hydrogen-bond donors (Lipinski definition) is 1. The molecular formula is C15H22O4. The molecule has 3 fully saturated rings. The summed E-state index contributed by atoms with van der Waals surface area (Å²) in [5.41, 5.74) is 0.144. The third-order valence-electron chi connectivity index (χ3n) is 5.01. The van der Waals surface area contributed by atoms with Crippen molar-refractivity contribution in [3.05, 3.63) is 12.2 Å². The second-order valence-corrected chi connectivity index (χ2v) is 6.62. The van der Waals surface area contributed by atoms with Gasteiger partial charge in [-0.05, 0) is 32.1 Å². The molecule has 3 aliphatic heterocycles. The summed E-state index contributed by atoms with van der Waals surface area (Å²) >= 11 is 0. The van der Waals surface area contributed by atoms with Gasteiger partial charge in [0.15, 0.2) is 0 Å². The number of carbonyl (C=O) groups excluding carboxylic acids is 1. The van der Waals surface area contributed by atoms with Gasteiger partial charge in [0, 0.05) is 12.0 Å². The zero-order chi connectivity index (χ0) is 13.8. The summed E-state index contributed by atoms with van der Waals surface area (Å²) in [6.45, 7) is 8.01. The van der Waals surface area contributed by atoms with Gasteiger partial charge in [-0.25, -0.2) is 4.79 Å². The van der Waals surface area contributed by atoms with Crippen LogP contribution >= 0.6 is 0 Å². The van der Waals surface area contributed by atoms with Gasteiger partial charge >= 0.3 is 5.97 Å². The Balaban J connectivity index is 1.92. The Labute approximate surface area is 113 Å². The fourth-order valence-corrected chi connectivity index (χ4v) is 3.89. The van der Waals surface area contributed by atoms with Gasteiger partial charge in [0.05, 0.1) is 23.7 Å². The van der Waals surface area contributed by atoms with Gasteiger partial charge in [0.25, 0.3) is 0 Å². The molecule has 6 atom stereocenters. The number of aliphatic hydroxyl groups excluding tert-OH is 1. The molecule has 0 amide bonds. The molecule has 3 saturated heterocycles. The predicted molar refractivity (Wildman–Crippen MR) is 69.4 cm³/mol. The lowest BCUT2D eigenvalue weighted by Crippen LogP contribution is -2.36. The van der Waals surface area contributed by atoms with Crippen molar-refractivity contribution in [3.8, 4) is 0 Å². The number of fused-ring (bicyclic) bond motifs is 3. The number of carbonyl (C=O) groups is 1. The largest absolute Gasteiger partial charge is 0.458 e. The van der Waals surface area contributed by atoms with E-state index in [0.717, 1.165) is 19.3 Å². The standard InChI is InChI=1S/C15H22O4/c1-8-6-12-13(9(2)14(17)18-12)10(16)7-15(3)5-4-11(8)19-15/h8,10-13,16H,2,4-7H2,1,3H3/t8?,10-,11+,12+,13+,15+/m1/s1. The Morgan fingerprint density at radius 1 is 1.42 bits per heavy atom. The molecule has 4 nitrogen and oxygen atoms in total. The molecule has 3 aliphatic rings. The molecule has 106 valence electrons. The second kappa shape index (κ2) is 4.32. The molecule has 19 heavy (non-hydrogen) atoms. The van der Waals surface area contributed by atoms with Crippen molar-refractivity contribution < 1.29 is 19.4 Å². The van der Waals surface area contributed by atoms with Gasteiger partial charge in [-0.1, -0.05) is 13.5 Å². The fraction of sp³-hybridized carbons (Fsp3) is 0.800. The molecule has 0 aliphatic carbocycles. The molecule has 0 aromatic carbocycles. The highest BCUT2D eigenvalue weighted by atomic mass is 16.6. The van der Waals surface area contributed by atoms with Gasteiger partial charge in [0.2, 0.25) is 0 Å². The molecule has 1 unspecified atom stereocenters. The molecule has 3 heterocycles. The molecule has 0 aromatic heterocycles. The van der Waals surface area contributed by atoms with E-state index >= 15 is 0 Å². The number of aliphatic hydroxyl groups is 1. The molecule has 0 aromatic rings. The molecule has 0 spiro atoms. The highest BCUT2D eigenvalue weighted by Crippen LogP contribution is 2.44. The first-order valence-corrected chi connectivity index (χ1v) is 7.15. The minimum atomic E-state index is -0.613. The summed E-state index contributed by atoms with van der Waals surface area (Å²) < 4.78 is 11.5. The average molecular weight is 266 g/mol. The minimum Gasteiger partial charge on any atom is -0.458 e. The van der Waals surface area contributed by atoms with E-state index in [1.165, 1.54) is 0 Å². The van der Waals surface area contributed by atoms with Crippen molar-refractivity contribution >= 4 is 5.97 Å². The number of rotatable bonds is 0. The van der Waals surface area contributed by atoms with Gasteiger partial charge in [-0.3, -0.25) is 0 Å². The smallest absolute Gasteiger partial charge is 0.334 e. The maximum absolute atomic E-state index is 11.7. The van der Waals surface area contributed by atoms with E-state index < -0.39 is 6.10 Å². The molecule has 0 radical (unpaired) electrons. The first-order valence-electron chi connectivity index (χ1n) is 7.15. The summed E-state index contributed by atoms with van der Waals surface area (Å²) in [5, 5.41) is 10.5. The third-order valence-corrected chi connectivity index (χ3v) is 5.01. The van der Waals surface area contributed by atoms with E-state index in [4.69, 9.17) is 9.47 Å². The van der Waals surface area contributed by atoms with Crippen LogP contribution in [0.25, 0.3) is 0 Å². The van der Waals surface area contributed by atoms with Gasteiger partial charge in [-0.15, -0.1) is 0 Å². The van der Waals surface area contributed by atoms with Gasteiger partial charge < -0.3 is 14.6 Å². The van der Waals surface area contributed by atoms with Crippen molar-refractivity contribution in [3.63, 3.8) is 0 Å². The second-order valence-electron chi connectivity index (χ2n) is 6.62. The Morgan fingerprint density at radius 2 is 2.16 bits per heavy atom. The number of hydrogen-bond acceptors (Lipinski definition) is 4. The van der Waals surface area contributed by atoms with Crippen LogP contribution in [-0.4, -0.2) is 35.0 Å². The van der Waals surface area contributed by atoms with E-state index in [0.29, 0.717) is 17.9 Å². The van der Waals surface area contributed by atoms with Crippen LogP contribution in [0.2, 0.25) is 0 Å². The van der Waals surface area contributed by atoms with Crippen LogP contribution in [0.4, 0.5) is 0 Å². The van der Waals surface area contributed by atoms with Gasteiger partial charge in [0.1, 0.15) is 6.10 Å². The van der Waals surface area contributed by atoms with Crippen molar-refractivity contribution in [2.24, 2.45) is 11.8 Å². The molecule has 0 saturated carbocycles. The summed E-state index contributed by atoms with van der Waals surface area (Å²) in [5.74, 6) is -0.284. The Kier molecular flexibility index (Phi) is 2.98. The Bertz CT molecular complexity index is 418. The minimum absolute atomic E-state index is 0.212. The van der Waals surface area contributed by atoms with E-state index in [2.05, 4.69) is 20.4 Å². The fourth-order valence-electron chi connectivity index (χ4n) is 3.89. The SMILES string of the molecule is C=C1C(=O)O[C@H]2CC(C)[C@@H]3CC[C@@](C)(C[C@@H](O)[C@H]12)O3. The van der Waals surface area contributed by atoms with Crippen LogP contribution < -0.4 is 0 Å². The van der Waals surface area contributed by atoms with E-state index in [1.54, 1.807) is 0 Å². The average Bonchev–Trinajstić information content (AvgIpc) is 2.82. The van der Waals surface area contributed by atoms with Crippen LogP contribution in [0.5, 0.6) is 0 Å². The summed E-state index contributed by atoms with van der Waals surface area (Å²) in [7, 11) is 0. The topological polar surface area (TPSA) is 55.8 Å². The first-order chi connectivity index (χ1) is 8.89. The highest BCUT2D eigenvalue weighted by Gasteiger charge is 2.50. The maximum atomic E-state index is 11.7. The quantitative estimate of drug-likeness (QED) is 0.536. The van der Waals surface area contributed by atoms with Crippen molar-refractivity contribution in [2.45, 2.75) is 63.4 Å². The lowest BCUT2D eigenvalue weighted by atomic mass is 9.79. The normalized spacial score (nSPS) is 50.2. The molecule has 4 heteroatoms. The highest BCUT2D eigenvalue weighted by molar-refractivity contribution is 5.90. The van der Waals surface area contributed by atoms with Gasteiger partial charge in [-0.2, -0.15) is 0 Å². The van der Waals surface area contributed by atoms with Crippen LogP contribution in [-0.2, 0) is 14.3 Å². The lowest BCUT2D eigenvalue weighted by Gasteiger charge is -2.29. The van der Waals surface area contributed by atoms with E-state index in [1.807, 2.05) is 0 Å². The molecule has 2 bridgehead atoms. The molecule has 1 N–H and O–H groups in total. The van der Waals surface area contributed by atoms with Crippen LogP contribution in [0.3, 0.4) is 0 Å².